The molecule has 3 rings (SSSR count). The number of nitrogens with zero attached hydrogens (tertiary/aromatic N) is 4. The molecule has 1 N–H and O–H groups in total. The molecule has 1 amide bonds. The zero-order valence-corrected chi connectivity index (χ0v) is 9.63. The summed E-state index contributed by atoms with van der Waals surface area (Å²) in [6.45, 7) is 1.50. The van der Waals surface area contributed by atoms with Crippen LogP contribution >= 0.6 is 0 Å². The van der Waals surface area contributed by atoms with Gasteiger partial charge in [-0.1, -0.05) is 6.07 Å². The van der Waals surface area contributed by atoms with Crippen LogP contribution in [0.15, 0.2) is 24.4 Å². The minimum atomic E-state index is -0.0396. The second-order valence-electron chi connectivity index (χ2n) is 4.10. The summed E-state index contributed by atoms with van der Waals surface area (Å²) in [4.78, 5) is 17.7. The quantitative estimate of drug-likeness (QED) is 0.771. The summed E-state index contributed by atoms with van der Waals surface area (Å²) in [5, 5.41) is 12.0. The number of aromatic nitrogens is 2. The summed E-state index contributed by atoms with van der Waals surface area (Å²) < 4.78 is 1.74. The maximum Gasteiger partial charge on any atom is 0.239 e. The fourth-order valence-corrected chi connectivity index (χ4v) is 2.13. The highest BCUT2D eigenvalue weighted by atomic mass is 16.2. The third-order valence-electron chi connectivity index (χ3n) is 2.96. The topological polar surface area (TPSA) is 73.4 Å². The van der Waals surface area contributed by atoms with Crippen LogP contribution in [0.5, 0.6) is 0 Å². The van der Waals surface area contributed by atoms with Crippen LogP contribution in [-0.4, -0.2) is 34.9 Å². The number of piperazine rings is 1. The molecule has 6 nitrogen and oxygen atoms in total. The lowest BCUT2D eigenvalue weighted by atomic mass is 10.3. The van der Waals surface area contributed by atoms with Crippen LogP contribution in [0.1, 0.15) is 5.69 Å². The molecule has 2 aromatic heterocycles. The fourth-order valence-electron chi connectivity index (χ4n) is 2.13. The molecule has 3 heterocycles. The highest BCUT2D eigenvalue weighted by molar-refractivity contribution is 5.83. The van der Waals surface area contributed by atoms with Gasteiger partial charge in [0, 0.05) is 19.3 Å². The monoisotopic (exact) mass is 241 g/mol. The zero-order chi connectivity index (χ0) is 12.5. The number of hydrogen-bond donors (Lipinski definition) is 1. The molecule has 6 heteroatoms. The Kier molecular flexibility index (Phi) is 2.38. The molecule has 0 radical (unpaired) electrons. The van der Waals surface area contributed by atoms with Crippen molar-refractivity contribution in [2.24, 2.45) is 0 Å². The number of nitrogens with one attached hydrogen (secondary N) is 1. The van der Waals surface area contributed by atoms with E-state index in [1.165, 1.54) is 0 Å². The normalized spacial score (nSPS) is 15.5. The molecule has 0 saturated carbocycles. The van der Waals surface area contributed by atoms with Crippen LogP contribution in [0.2, 0.25) is 0 Å². The average Bonchev–Trinajstić information content (AvgIpc) is 2.77. The van der Waals surface area contributed by atoms with E-state index in [1.807, 2.05) is 23.1 Å². The Labute approximate surface area is 103 Å². The second kappa shape index (κ2) is 4.04. The van der Waals surface area contributed by atoms with Gasteiger partial charge in [0.25, 0.3) is 0 Å². The van der Waals surface area contributed by atoms with E-state index in [0.717, 1.165) is 5.65 Å². The zero-order valence-electron chi connectivity index (χ0n) is 9.63. The van der Waals surface area contributed by atoms with Gasteiger partial charge in [-0.05, 0) is 12.1 Å². The third kappa shape index (κ3) is 1.57. The molecular formula is C12H11N5O. The molecule has 18 heavy (non-hydrogen) atoms. The molecule has 0 aliphatic carbocycles. The Morgan fingerprint density at radius 2 is 2.33 bits per heavy atom. The number of pyridine rings is 1. The molecule has 0 unspecified atom stereocenters. The van der Waals surface area contributed by atoms with Crippen molar-refractivity contribution in [2.45, 2.75) is 0 Å². The van der Waals surface area contributed by atoms with Crippen LogP contribution in [0.4, 0.5) is 5.82 Å². The summed E-state index contributed by atoms with van der Waals surface area (Å²) in [7, 11) is 0. The number of nitriles is 1. The number of fused-ring (bicyclic) bond motifs is 1. The first-order valence-electron chi connectivity index (χ1n) is 5.68. The first-order valence-corrected chi connectivity index (χ1v) is 5.68. The predicted octanol–water partition coefficient (Wildman–Crippen LogP) is 0.142. The van der Waals surface area contributed by atoms with Crippen molar-refractivity contribution < 1.29 is 4.79 Å². The van der Waals surface area contributed by atoms with Crippen molar-refractivity contribution in [3.05, 3.63) is 30.1 Å². The van der Waals surface area contributed by atoms with Gasteiger partial charge in [-0.3, -0.25) is 9.20 Å². The Balaban J connectivity index is 2.11. The van der Waals surface area contributed by atoms with E-state index in [4.69, 9.17) is 0 Å². The maximum absolute atomic E-state index is 11.4. The summed E-state index contributed by atoms with van der Waals surface area (Å²) in [6, 6.07) is 7.72. The van der Waals surface area contributed by atoms with Crippen molar-refractivity contribution in [3.63, 3.8) is 0 Å². The second-order valence-corrected chi connectivity index (χ2v) is 4.10. The van der Waals surface area contributed by atoms with Crippen LogP contribution < -0.4 is 10.2 Å². The molecule has 1 aliphatic heterocycles. The molecule has 0 atom stereocenters. The van der Waals surface area contributed by atoms with Gasteiger partial charge in [0.05, 0.1) is 6.54 Å². The summed E-state index contributed by atoms with van der Waals surface area (Å²) in [5.74, 6) is 0.542. The predicted molar refractivity (Wildman–Crippen MR) is 65.1 cm³/mol. The largest absolute Gasteiger partial charge is 0.353 e. The van der Waals surface area contributed by atoms with E-state index in [0.29, 0.717) is 24.6 Å². The number of imidazole rings is 1. The van der Waals surface area contributed by atoms with Gasteiger partial charge in [0.1, 0.15) is 11.7 Å². The number of carbonyl (C=O) groups excluding carboxylic acids is 1. The van der Waals surface area contributed by atoms with Gasteiger partial charge in [0.15, 0.2) is 11.5 Å². The molecular weight excluding hydrogens is 230 g/mol. The Morgan fingerprint density at radius 1 is 1.44 bits per heavy atom. The van der Waals surface area contributed by atoms with E-state index in [9.17, 15) is 10.1 Å². The van der Waals surface area contributed by atoms with Crippen molar-refractivity contribution >= 4 is 17.4 Å². The van der Waals surface area contributed by atoms with Crippen molar-refractivity contribution in [3.8, 4) is 6.07 Å². The van der Waals surface area contributed by atoms with Crippen molar-refractivity contribution in [2.75, 3.05) is 24.5 Å². The van der Waals surface area contributed by atoms with Crippen LogP contribution in [0, 0.1) is 11.3 Å². The molecule has 1 saturated heterocycles. The lowest BCUT2D eigenvalue weighted by molar-refractivity contribution is -0.120. The first-order chi connectivity index (χ1) is 8.79. The Bertz CT molecular complexity index is 654. The van der Waals surface area contributed by atoms with Gasteiger partial charge < -0.3 is 10.2 Å². The third-order valence-corrected chi connectivity index (χ3v) is 2.96. The summed E-state index contributed by atoms with van der Waals surface area (Å²) in [5.41, 5.74) is 1.19. The SMILES string of the molecule is N#Cc1c(N2CCNC(=O)C2)nc2ccccn12. The van der Waals surface area contributed by atoms with Gasteiger partial charge in [-0.25, -0.2) is 4.98 Å². The van der Waals surface area contributed by atoms with Crippen LogP contribution in [0.3, 0.4) is 0 Å². The molecule has 0 spiro atoms. The number of amides is 1. The highest BCUT2D eigenvalue weighted by Crippen LogP contribution is 2.21. The standard InChI is InChI=1S/C12H11N5O/c13-7-9-12(16-6-4-14-11(18)8-16)15-10-3-1-2-5-17(9)10/h1-3,5H,4,6,8H2,(H,14,18). The minimum absolute atomic E-state index is 0.0396. The van der Waals surface area contributed by atoms with Gasteiger partial charge >= 0.3 is 0 Å². The number of carbonyl (C=O) groups is 1. The Hall–Kier alpha value is -2.55. The number of rotatable bonds is 1. The lowest BCUT2D eigenvalue weighted by Crippen LogP contribution is -2.48. The van der Waals surface area contributed by atoms with Gasteiger partial charge in [-0.15, -0.1) is 0 Å². The van der Waals surface area contributed by atoms with Crippen LogP contribution in [0.25, 0.3) is 5.65 Å². The smallest absolute Gasteiger partial charge is 0.239 e. The number of hydrogen-bond acceptors (Lipinski definition) is 4. The lowest BCUT2D eigenvalue weighted by Gasteiger charge is -2.26. The van der Waals surface area contributed by atoms with E-state index >= 15 is 0 Å². The van der Waals surface area contributed by atoms with E-state index in [-0.39, 0.29) is 12.5 Å². The molecule has 2 aromatic rings. The van der Waals surface area contributed by atoms with E-state index in [2.05, 4.69) is 16.4 Å². The molecule has 0 aromatic carbocycles. The summed E-state index contributed by atoms with van der Waals surface area (Å²) in [6.07, 6.45) is 1.80. The molecule has 90 valence electrons. The summed E-state index contributed by atoms with van der Waals surface area (Å²) >= 11 is 0. The van der Waals surface area contributed by atoms with Gasteiger partial charge in [-0.2, -0.15) is 5.26 Å². The van der Waals surface area contributed by atoms with Gasteiger partial charge in [0.2, 0.25) is 5.91 Å². The number of anilines is 1. The molecule has 1 fully saturated rings. The Morgan fingerprint density at radius 3 is 3.11 bits per heavy atom. The van der Waals surface area contributed by atoms with E-state index < -0.39 is 0 Å². The highest BCUT2D eigenvalue weighted by Gasteiger charge is 2.22. The maximum atomic E-state index is 11.4. The van der Waals surface area contributed by atoms with E-state index in [1.54, 1.807) is 10.6 Å². The fraction of sp³-hybridized carbons (Fsp3) is 0.250. The van der Waals surface area contributed by atoms with Crippen molar-refractivity contribution in [1.82, 2.24) is 14.7 Å². The molecule has 1 aliphatic rings. The molecule has 0 bridgehead atoms. The average molecular weight is 241 g/mol. The van der Waals surface area contributed by atoms with Crippen molar-refractivity contribution in [1.29, 1.82) is 5.26 Å². The minimum Gasteiger partial charge on any atom is -0.353 e. The van der Waals surface area contributed by atoms with Crippen LogP contribution in [-0.2, 0) is 4.79 Å². The first kappa shape index (κ1) is 10.6.